The van der Waals surface area contributed by atoms with E-state index in [1.807, 2.05) is 36.4 Å². The van der Waals surface area contributed by atoms with Crippen LogP contribution >= 0.6 is 0 Å². The number of para-hydroxylation sites is 1. The second-order valence-corrected chi connectivity index (χ2v) is 9.11. The van der Waals surface area contributed by atoms with Crippen molar-refractivity contribution >= 4 is 5.82 Å². The van der Waals surface area contributed by atoms with Crippen molar-refractivity contribution in [1.82, 2.24) is 15.1 Å². The molecule has 2 aliphatic heterocycles. The molecule has 2 saturated heterocycles. The molecule has 0 amide bonds. The highest BCUT2D eigenvalue weighted by molar-refractivity contribution is 5.67. The van der Waals surface area contributed by atoms with Gasteiger partial charge in [0.25, 0.3) is 0 Å². The highest BCUT2D eigenvalue weighted by Crippen LogP contribution is 2.39. The number of benzene rings is 1. The minimum absolute atomic E-state index is 0. The Morgan fingerprint density at radius 1 is 1.07 bits per heavy atom. The maximum Gasteiger partial charge on any atom is 0.148 e. The zero-order valence-corrected chi connectivity index (χ0v) is 17.8. The van der Waals surface area contributed by atoms with Gasteiger partial charge in [0, 0.05) is 45.9 Å². The fourth-order valence-corrected chi connectivity index (χ4v) is 5.58. The highest BCUT2D eigenvalue weighted by atomic mass is 16.5. The van der Waals surface area contributed by atoms with Gasteiger partial charge in [-0.05, 0) is 67.7 Å². The monoisotopic (exact) mass is 410 g/mol. The average molecular weight is 411 g/mol. The molecular formula is C24H34N4O2. The lowest BCUT2D eigenvalue weighted by Gasteiger charge is -2.27. The first-order valence-electron chi connectivity index (χ1n) is 11.3. The van der Waals surface area contributed by atoms with Gasteiger partial charge in [0.15, 0.2) is 0 Å². The van der Waals surface area contributed by atoms with Crippen LogP contribution in [0, 0.1) is 17.8 Å². The second kappa shape index (κ2) is 8.90. The zero-order chi connectivity index (χ0) is 20.3. The van der Waals surface area contributed by atoms with Gasteiger partial charge in [-0.15, -0.1) is 10.2 Å². The molecule has 1 saturated carbocycles. The molecule has 3 atom stereocenters. The number of methoxy groups -OCH3 is 1. The Bertz CT molecular complexity index is 830. The van der Waals surface area contributed by atoms with E-state index < -0.39 is 0 Å². The van der Waals surface area contributed by atoms with E-state index in [-0.39, 0.29) is 1.43 Å². The van der Waals surface area contributed by atoms with Crippen molar-refractivity contribution in [3.63, 3.8) is 0 Å². The molecule has 0 radical (unpaired) electrons. The molecule has 6 nitrogen and oxygen atoms in total. The van der Waals surface area contributed by atoms with Crippen LogP contribution in [0.25, 0.3) is 11.3 Å². The molecule has 1 unspecified atom stereocenters. The second-order valence-electron chi connectivity index (χ2n) is 9.11. The first-order valence-corrected chi connectivity index (χ1v) is 11.3. The van der Waals surface area contributed by atoms with Gasteiger partial charge in [-0.25, -0.2) is 0 Å². The van der Waals surface area contributed by atoms with Crippen LogP contribution < -0.4 is 10.1 Å². The van der Waals surface area contributed by atoms with Gasteiger partial charge in [0.05, 0.1) is 12.8 Å². The molecule has 6 heteroatoms. The molecule has 3 fully saturated rings. The van der Waals surface area contributed by atoms with Crippen molar-refractivity contribution in [2.75, 3.05) is 45.3 Å². The van der Waals surface area contributed by atoms with Crippen molar-refractivity contribution in [3.05, 3.63) is 36.4 Å². The van der Waals surface area contributed by atoms with E-state index in [1.54, 1.807) is 7.11 Å². The number of ether oxygens (including phenoxy) is 2. The summed E-state index contributed by atoms with van der Waals surface area (Å²) in [7, 11) is 1.68. The number of aromatic nitrogens is 2. The minimum atomic E-state index is 0. The summed E-state index contributed by atoms with van der Waals surface area (Å²) in [6.07, 6.45) is 4.95. The maximum atomic E-state index is 5.51. The largest absolute Gasteiger partial charge is 0.496 e. The van der Waals surface area contributed by atoms with Crippen LogP contribution in [0.4, 0.5) is 5.82 Å². The molecule has 1 aromatic heterocycles. The van der Waals surface area contributed by atoms with Crippen LogP contribution in [-0.4, -0.2) is 61.1 Å². The third-order valence-corrected chi connectivity index (χ3v) is 7.08. The molecule has 0 bridgehead atoms. The standard InChI is InChI=1S/C24H32N4O2.H2/c1-29-23-5-3-2-4-21(23)22-6-7-24(27-26-22)25-20-12-18-15-28(16-19(18)13-20)14-17-8-10-30-11-9-17;/h2-7,17-20H,8-16H2,1H3,(H,25,27);1H/t18-,19+,20?;. The van der Waals surface area contributed by atoms with E-state index >= 15 is 0 Å². The number of likely N-dealkylation sites (tertiary alicyclic amines) is 1. The van der Waals surface area contributed by atoms with Crippen LogP contribution in [0.3, 0.4) is 0 Å². The van der Waals surface area contributed by atoms with Gasteiger partial charge < -0.3 is 19.7 Å². The molecule has 5 rings (SSSR count). The van der Waals surface area contributed by atoms with Crippen LogP contribution in [0.1, 0.15) is 27.1 Å². The Balaban J connectivity index is 0.00000231. The summed E-state index contributed by atoms with van der Waals surface area (Å²) in [5.74, 6) is 4.17. The number of nitrogens with one attached hydrogen (secondary N) is 1. The first-order chi connectivity index (χ1) is 14.8. The van der Waals surface area contributed by atoms with Gasteiger partial charge >= 0.3 is 0 Å². The van der Waals surface area contributed by atoms with E-state index in [9.17, 15) is 0 Å². The number of hydrogen-bond acceptors (Lipinski definition) is 6. The van der Waals surface area contributed by atoms with Crippen molar-refractivity contribution < 1.29 is 10.9 Å². The zero-order valence-electron chi connectivity index (χ0n) is 17.8. The maximum absolute atomic E-state index is 5.51. The first kappa shape index (κ1) is 19.8. The number of nitrogens with zero attached hydrogens (tertiary/aromatic N) is 3. The van der Waals surface area contributed by atoms with E-state index in [0.29, 0.717) is 6.04 Å². The van der Waals surface area contributed by atoms with Gasteiger partial charge in [-0.2, -0.15) is 0 Å². The molecule has 162 valence electrons. The summed E-state index contributed by atoms with van der Waals surface area (Å²) in [6, 6.07) is 12.5. The molecule has 30 heavy (non-hydrogen) atoms. The molecular weight excluding hydrogens is 376 g/mol. The quantitative estimate of drug-likeness (QED) is 0.778. The smallest absolute Gasteiger partial charge is 0.148 e. The number of hydrogen-bond donors (Lipinski definition) is 1. The predicted molar refractivity (Wildman–Crippen MR) is 120 cm³/mol. The van der Waals surface area contributed by atoms with Crippen LogP contribution in [0.5, 0.6) is 5.75 Å². The Kier molecular flexibility index (Phi) is 5.86. The Morgan fingerprint density at radius 2 is 1.83 bits per heavy atom. The van der Waals surface area contributed by atoms with Gasteiger partial charge in [-0.1, -0.05) is 12.1 Å². The normalized spacial score (nSPS) is 27.2. The molecule has 2 aromatic rings. The molecule has 1 aliphatic carbocycles. The lowest BCUT2D eigenvalue weighted by atomic mass is 10.00. The Labute approximate surface area is 180 Å². The van der Waals surface area contributed by atoms with E-state index in [2.05, 4.69) is 20.4 Å². The summed E-state index contributed by atoms with van der Waals surface area (Å²) in [5.41, 5.74) is 1.81. The average Bonchev–Trinajstić information content (AvgIpc) is 3.33. The Hall–Kier alpha value is -2.18. The number of anilines is 1. The lowest BCUT2D eigenvalue weighted by molar-refractivity contribution is 0.0545. The summed E-state index contributed by atoms with van der Waals surface area (Å²) >= 11 is 0. The Morgan fingerprint density at radius 3 is 2.53 bits per heavy atom. The summed E-state index contributed by atoms with van der Waals surface area (Å²) in [5, 5.41) is 12.5. The fraction of sp³-hybridized carbons (Fsp3) is 0.583. The van der Waals surface area contributed by atoms with Crippen LogP contribution in [-0.2, 0) is 4.74 Å². The molecule has 1 aromatic carbocycles. The highest BCUT2D eigenvalue weighted by Gasteiger charge is 2.41. The summed E-state index contributed by atoms with van der Waals surface area (Å²) < 4.78 is 11.0. The third-order valence-electron chi connectivity index (χ3n) is 7.08. The van der Waals surface area contributed by atoms with E-state index in [4.69, 9.17) is 9.47 Å². The fourth-order valence-electron chi connectivity index (χ4n) is 5.58. The number of rotatable bonds is 6. The van der Waals surface area contributed by atoms with Gasteiger partial charge in [0.2, 0.25) is 0 Å². The minimum Gasteiger partial charge on any atom is -0.496 e. The molecule has 3 aliphatic rings. The molecule has 1 N–H and O–H groups in total. The van der Waals surface area contributed by atoms with E-state index in [1.165, 1.54) is 45.3 Å². The summed E-state index contributed by atoms with van der Waals surface area (Å²) in [6.45, 7) is 5.70. The van der Waals surface area contributed by atoms with Gasteiger partial charge in [-0.3, -0.25) is 0 Å². The summed E-state index contributed by atoms with van der Waals surface area (Å²) in [4.78, 5) is 2.71. The van der Waals surface area contributed by atoms with E-state index in [0.717, 1.165) is 53.8 Å². The third kappa shape index (κ3) is 4.30. The van der Waals surface area contributed by atoms with Crippen LogP contribution in [0.15, 0.2) is 36.4 Å². The van der Waals surface area contributed by atoms with Crippen LogP contribution in [0.2, 0.25) is 0 Å². The predicted octanol–water partition coefficient (Wildman–Crippen LogP) is 3.95. The SMILES string of the molecule is COc1ccccc1-c1ccc(NC2C[C@@H]3CN(CC4CCOCC4)C[C@@H]3C2)nn1.[HH]. The van der Waals surface area contributed by atoms with Crippen molar-refractivity contribution in [2.24, 2.45) is 17.8 Å². The van der Waals surface area contributed by atoms with Gasteiger partial charge in [0.1, 0.15) is 11.6 Å². The lowest BCUT2D eigenvalue weighted by Crippen LogP contribution is -2.32. The van der Waals surface area contributed by atoms with Crippen molar-refractivity contribution in [2.45, 2.75) is 31.7 Å². The molecule has 0 spiro atoms. The van der Waals surface area contributed by atoms with Crippen molar-refractivity contribution in [1.29, 1.82) is 0 Å². The topological polar surface area (TPSA) is 59.5 Å². The molecule has 3 heterocycles. The van der Waals surface area contributed by atoms with Crippen molar-refractivity contribution in [3.8, 4) is 17.0 Å². The number of fused-ring (bicyclic) bond motifs is 1.